The van der Waals surface area contributed by atoms with Gasteiger partial charge in [-0.05, 0) is 35.7 Å². The first-order valence-corrected chi connectivity index (χ1v) is 7.40. The molecule has 0 bridgehead atoms. The summed E-state index contributed by atoms with van der Waals surface area (Å²) in [7, 11) is 0. The van der Waals surface area contributed by atoms with Crippen molar-refractivity contribution < 1.29 is 13.2 Å². The predicted molar refractivity (Wildman–Crippen MR) is 84.1 cm³/mol. The van der Waals surface area contributed by atoms with Crippen LogP contribution in [0, 0.1) is 11.3 Å². The number of nitrogens with one attached hydrogen (secondary N) is 1. The van der Waals surface area contributed by atoms with E-state index in [1.54, 1.807) is 12.1 Å². The second-order valence-electron chi connectivity index (χ2n) is 5.38. The smallest absolute Gasteiger partial charge is 0.263 e. The molecule has 3 rings (SSSR count). The molecule has 0 spiro atoms. The fraction of sp³-hybridized carbons (Fsp3) is 0.176. The summed E-state index contributed by atoms with van der Waals surface area (Å²) in [6, 6.07) is 8.32. The normalized spacial score (nSPS) is 11.3. The number of alkyl halides is 3. The Balaban J connectivity index is 2.15. The van der Waals surface area contributed by atoms with Gasteiger partial charge >= 0.3 is 6.18 Å². The molecule has 0 unspecified atom stereocenters. The van der Waals surface area contributed by atoms with Gasteiger partial charge in [0.05, 0.1) is 5.56 Å². The lowest BCUT2D eigenvalue weighted by atomic mass is 9.97. The lowest BCUT2D eigenvalue weighted by Crippen LogP contribution is -2.05. The summed E-state index contributed by atoms with van der Waals surface area (Å²) < 4.78 is 38.8. The quantitative estimate of drug-likeness (QED) is 0.780. The fourth-order valence-corrected chi connectivity index (χ4v) is 2.46. The molecule has 0 aliphatic heterocycles. The maximum absolute atomic E-state index is 12.9. The van der Waals surface area contributed by atoms with Crippen LogP contribution in [0.2, 0.25) is 0 Å². The van der Waals surface area contributed by atoms with Gasteiger partial charge in [-0.15, -0.1) is 5.10 Å². The third-order valence-electron chi connectivity index (χ3n) is 3.73. The third kappa shape index (κ3) is 3.35. The first-order valence-electron chi connectivity index (χ1n) is 7.40. The molecule has 2 heterocycles. The van der Waals surface area contributed by atoms with Crippen molar-refractivity contribution in [3.63, 3.8) is 0 Å². The number of halogens is 3. The molecule has 3 aromatic rings. The van der Waals surface area contributed by atoms with Crippen molar-refractivity contribution in [2.45, 2.75) is 19.5 Å². The van der Waals surface area contributed by atoms with E-state index in [-0.39, 0.29) is 5.69 Å². The molecule has 0 amide bonds. The monoisotopic (exact) mass is 343 g/mol. The minimum absolute atomic E-state index is 0.196. The Labute approximate surface area is 141 Å². The van der Waals surface area contributed by atoms with Crippen molar-refractivity contribution in [3.05, 3.63) is 53.5 Å². The number of nitriles is 1. The summed E-state index contributed by atoms with van der Waals surface area (Å²) in [6.07, 6.45) is -1.62. The first-order chi connectivity index (χ1) is 11.9. The highest BCUT2D eigenvalue weighted by Gasteiger charge is 2.31. The van der Waals surface area contributed by atoms with Crippen LogP contribution in [0.3, 0.4) is 0 Å². The van der Waals surface area contributed by atoms with E-state index in [0.717, 1.165) is 17.8 Å². The van der Waals surface area contributed by atoms with Crippen LogP contribution in [-0.2, 0) is 12.6 Å². The van der Waals surface area contributed by atoms with Gasteiger partial charge < -0.3 is 0 Å². The molecule has 0 radical (unpaired) electrons. The first kappa shape index (κ1) is 16.6. The van der Waals surface area contributed by atoms with Crippen molar-refractivity contribution >= 4 is 0 Å². The topological polar surface area (TPSA) is 78.2 Å². The lowest BCUT2D eigenvalue weighted by molar-refractivity contribution is -0.137. The molecule has 8 heteroatoms. The van der Waals surface area contributed by atoms with Crippen molar-refractivity contribution in [2.24, 2.45) is 0 Å². The zero-order valence-electron chi connectivity index (χ0n) is 13.1. The van der Waals surface area contributed by atoms with Gasteiger partial charge in [-0.25, -0.2) is 5.10 Å². The minimum Gasteiger partial charge on any atom is -0.263 e. The number of rotatable bonds is 3. The van der Waals surface area contributed by atoms with Gasteiger partial charge in [-0.1, -0.05) is 18.2 Å². The Bertz CT molecular complexity index is 953. The Morgan fingerprint density at radius 2 is 1.84 bits per heavy atom. The van der Waals surface area contributed by atoms with Gasteiger partial charge in [0.1, 0.15) is 11.8 Å². The molecule has 0 atom stereocenters. The van der Waals surface area contributed by atoms with Crippen LogP contribution >= 0.6 is 0 Å². The number of hydrogen-bond donors (Lipinski definition) is 1. The van der Waals surface area contributed by atoms with Crippen LogP contribution in [0.4, 0.5) is 13.2 Å². The average molecular weight is 343 g/mol. The van der Waals surface area contributed by atoms with E-state index < -0.39 is 11.7 Å². The number of benzene rings is 1. The number of aryl methyl sites for hydroxylation is 1. The number of aromatic nitrogens is 4. The number of pyridine rings is 1. The van der Waals surface area contributed by atoms with Gasteiger partial charge in [0.2, 0.25) is 0 Å². The van der Waals surface area contributed by atoms with Crippen LogP contribution in [0.15, 0.2) is 36.7 Å². The van der Waals surface area contributed by atoms with E-state index in [1.165, 1.54) is 6.20 Å². The second kappa shape index (κ2) is 6.36. The second-order valence-corrected chi connectivity index (χ2v) is 5.38. The van der Waals surface area contributed by atoms with E-state index in [9.17, 15) is 13.2 Å². The van der Waals surface area contributed by atoms with Gasteiger partial charge in [-0.2, -0.15) is 18.4 Å². The Hall–Kier alpha value is -3.21. The molecular weight excluding hydrogens is 331 g/mol. The zero-order chi connectivity index (χ0) is 18.0. The standard InChI is InChI=1S/C17H12F3N5/c1-2-10-3-11(13-6-14(9-22-8-13)17(18,19)20)5-12(4-10)16-15(7-21)23-25-24-16/h3-6,8-9H,2H2,1H3,(H,23,24,25). The molecule has 1 N–H and O–H groups in total. The molecule has 0 saturated heterocycles. The van der Waals surface area contributed by atoms with E-state index >= 15 is 0 Å². The highest BCUT2D eigenvalue weighted by Crippen LogP contribution is 2.33. The fourth-order valence-electron chi connectivity index (χ4n) is 2.46. The average Bonchev–Trinajstić information content (AvgIpc) is 3.09. The van der Waals surface area contributed by atoms with E-state index in [2.05, 4.69) is 20.4 Å². The number of H-pyrrole nitrogens is 1. The van der Waals surface area contributed by atoms with Crippen molar-refractivity contribution in [3.8, 4) is 28.5 Å². The van der Waals surface area contributed by atoms with Gasteiger partial charge in [0, 0.05) is 23.5 Å². The lowest BCUT2D eigenvalue weighted by Gasteiger charge is -2.10. The molecule has 0 aliphatic rings. The van der Waals surface area contributed by atoms with Crippen LogP contribution in [0.1, 0.15) is 23.7 Å². The Morgan fingerprint density at radius 1 is 1.08 bits per heavy atom. The SMILES string of the molecule is CCc1cc(-c2cncc(C(F)(F)F)c2)cc(-c2nn[nH]c2C#N)c1. The third-order valence-corrected chi connectivity index (χ3v) is 3.73. The van der Waals surface area contributed by atoms with Crippen LogP contribution in [0.25, 0.3) is 22.4 Å². The summed E-state index contributed by atoms with van der Waals surface area (Å²) in [6.45, 7) is 1.93. The van der Waals surface area contributed by atoms with Gasteiger partial charge in [0.25, 0.3) is 0 Å². The Kier molecular flexibility index (Phi) is 4.23. The summed E-state index contributed by atoms with van der Waals surface area (Å²) in [5.74, 6) is 0. The van der Waals surface area contributed by atoms with E-state index in [1.807, 2.05) is 19.1 Å². The number of aromatic amines is 1. The molecule has 25 heavy (non-hydrogen) atoms. The van der Waals surface area contributed by atoms with Crippen LogP contribution < -0.4 is 0 Å². The molecule has 0 aliphatic carbocycles. The van der Waals surface area contributed by atoms with Gasteiger partial charge in [0.15, 0.2) is 5.69 Å². The maximum Gasteiger partial charge on any atom is 0.417 e. The molecule has 5 nitrogen and oxygen atoms in total. The van der Waals surface area contributed by atoms with Crippen molar-refractivity contribution in [1.82, 2.24) is 20.4 Å². The molecule has 1 aromatic carbocycles. The Morgan fingerprint density at radius 3 is 2.52 bits per heavy atom. The highest BCUT2D eigenvalue weighted by molar-refractivity contribution is 5.74. The molecule has 0 saturated carbocycles. The molecule has 0 fully saturated rings. The predicted octanol–water partition coefficient (Wildman–Crippen LogP) is 3.99. The number of hydrogen-bond acceptors (Lipinski definition) is 4. The summed E-state index contributed by atoms with van der Waals surface area (Å²) >= 11 is 0. The maximum atomic E-state index is 12.9. The van der Waals surface area contributed by atoms with Crippen LogP contribution in [0.5, 0.6) is 0 Å². The van der Waals surface area contributed by atoms with Crippen LogP contribution in [-0.4, -0.2) is 20.4 Å². The molecule has 2 aromatic heterocycles. The zero-order valence-corrected chi connectivity index (χ0v) is 13.1. The van der Waals surface area contributed by atoms with Crippen molar-refractivity contribution in [2.75, 3.05) is 0 Å². The van der Waals surface area contributed by atoms with Gasteiger partial charge in [-0.3, -0.25) is 4.98 Å². The minimum atomic E-state index is -4.46. The largest absolute Gasteiger partial charge is 0.417 e. The molecule has 126 valence electrons. The summed E-state index contributed by atoms with van der Waals surface area (Å²) in [4.78, 5) is 3.70. The van der Waals surface area contributed by atoms with Crippen molar-refractivity contribution in [1.29, 1.82) is 5.26 Å². The highest BCUT2D eigenvalue weighted by atomic mass is 19.4. The number of nitrogens with zero attached hydrogens (tertiary/aromatic N) is 4. The summed E-state index contributed by atoms with van der Waals surface area (Å²) in [5, 5.41) is 19.1. The molecular formula is C17H12F3N5. The van der Waals surface area contributed by atoms with E-state index in [4.69, 9.17) is 5.26 Å². The van der Waals surface area contributed by atoms with E-state index in [0.29, 0.717) is 28.8 Å². The summed E-state index contributed by atoms with van der Waals surface area (Å²) in [5.41, 5.74) is 2.16.